The van der Waals surface area contributed by atoms with Gasteiger partial charge >= 0.3 is 5.97 Å². The highest BCUT2D eigenvalue weighted by Gasteiger charge is 2.05. The van der Waals surface area contributed by atoms with Crippen LogP contribution in [0.2, 0.25) is 0 Å². The van der Waals surface area contributed by atoms with E-state index in [0.717, 1.165) is 5.57 Å². The van der Waals surface area contributed by atoms with E-state index < -0.39 is 5.97 Å². The van der Waals surface area contributed by atoms with Crippen molar-refractivity contribution in [2.75, 3.05) is 14.2 Å². The van der Waals surface area contributed by atoms with Gasteiger partial charge in [0.1, 0.15) is 5.76 Å². The Morgan fingerprint density at radius 3 is 2.31 bits per heavy atom. The smallest absolute Gasteiger partial charge is 0.334 e. The van der Waals surface area contributed by atoms with Gasteiger partial charge in [0.2, 0.25) is 0 Å². The van der Waals surface area contributed by atoms with Gasteiger partial charge in [0.05, 0.1) is 20.3 Å². The molecule has 0 saturated carbocycles. The van der Waals surface area contributed by atoms with Crippen LogP contribution in [0.4, 0.5) is 0 Å². The number of allylic oxidation sites excluding steroid dienone is 1. The zero-order valence-corrected chi connectivity index (χ0v) is 8.72. The molecule has 13 heavy (non-hydrogen) atoms. The Labute approximate surface area is 83.0 Å². The van der Waals surface area contributed by atoms with Crippen molar-refractivity contribution in [3.63, 3.8) is 0 Å². The van der Waals surface area contributed by atoms with E-state index in [1.54, 1.807) is 0 Å². The highest BCUT2D eigenvalue weighted by atomic mass is 35.5. The van der Waals surface area contributed by atoms with Gasteiger partial charge in [-0.1, -0.05) is 18.5 Å². The van der Waals surface area contributed by atoms with E-state index in [-0.39, 0.29) is 0 Å². The molecule has 74 valence electrons. The van der Waals surface area contributed by atoms with Crippen molar-refractivity contribution in [3.8, 4) is 0 Å². The fourth-order valence-electron chi connectivity index (χ4n) is 0.754. The standard InChI is InChI=1S/C9H13ClO3/c1-4-7(6-10)8(12-2)5-9(11)13-3/h5-6H,4H2,1-3H3/b7-6+,8-5-. The monoisotopic (exact) mass is 204 g/mol. The van der Waals surface area contributed by atoms with Crippen LogP contribution in [-0.2, 0) is 14.3 Å². The molecular formula is C9H13ClO3. The predicted octanol–water partition coefficient (Wildman–Crippen LogP) is 2.22. The summed E-state index contributed by atoms with van der Waals surface area (Å²) in [7, 11) is 2.78. The van der Waals surface area contributed by atoms with Gasteiger partial charge in [0.25, 0.3) is 0 Å². The number of hydrogen-bond donors (Lipinski definition) is 0. The fraction of sp³-hybridized carbons (Fsp3) is 0.444. The van der Waals surface area contributed by atoms with Crippen molar-refractivity contribution < 1.29 is 14.3 Å². The summed E-state index contributed by atoms with van der Waals surface area (Å²) in [5.41, 5.74) is 2.15. The first-order valence-electron chi connectivity index (χ1n) is 3.82. The van der Waals surface area contributed by atoms with Gasteiger partial charge in [-0.15, -0.1) is 0 Å². The van der Waals surface area contributed by atoms with Crippen molar-refractivity contribution in [2.45, 2.75) is 13.3 Å². The Bertz CT molecular complexity index is 231. The maximum absolute atomic E-state index is 10.9. The molecule has 3 nitrogen and oxygen atoms in total. The predicted molar refractivity (Wildman–Crippen MR) is 51.3 cm³/mol. The highest BCUT2D eigenvalue weighted by Crippen LogP contribution is 2.15. The lowest BCUT2D eigenvalue weighted by Crippen LogP contribution is -2.00. The van der Waals surface area contributed by atoms with Crippen molar-refractivity contribution >= 4 is 17.6 Å². The third-order valence-electron chi connectivity index (χ3n) is 1.50. The molecule has 0 rings (SSSR count). The van der Waals surface area contributed by atoms with E-state index in [2.05, 4.69) is 4.74 Å². The van der Waals surface area contributed by atoms with Crippen LogP contribution in [0.15, 0.2) is 22.9 Å². The SMILES string of the molecule is CCC(=C\Cl)/C(=C/C(=O)OC)OC. The van der Waals surface area contributed by atoms with E-state index in [0.29, 0.717) is 12.2 Å². The molecule has 0 saturated heterocycles. The molecule has 0 fully saturated rings. The Balaban J connectivity index is 4.67. The maximum atomic E-state index is 10.9. The Morgan fingerprint density at radius 2 is 2.00 bits per heavy atom. The Kier molecular flexibility index (Phi) is 6.06. The van der Waals surface area contributed by atoms with Gasteiger partial charge in [-0.05, 0) is 6.42 Å². The minimum absolute atomic E-state index is 0.435. The van der Waals surface area contributed by atoms with E-state index in [1.807, 2.05) is 6.92 Å². The molecule has 0 aliphatic carbocycles. The summed E-state index contributed by atoms with van der Waals surface area (Å²) in [6, 6.07) is 0. The zero-order chi connectivity index (χ0) is 10.3. The number of hydrogen-bond acceptors (Lipinski definition) is 3. The van der Waals surface area contributed by atoms with Gasteiger partial charge in [0, 0.05) is 11.1 Å². The summed E-state index contributed by atoms with van der Waals surface area (Å²) in [6.45, 7) is 1.92. The van der Waals surface area contributed by atoms with Gasteiger partial charge in [0.15, 0.2) is 0 Å². The number of carbonyl (C=O) groups excluding carboxylic acids is 1. The fourth-order valence-corrected chi connectivity index (χ4v) is 1.02. The lowest BCUT2D eigenvalue weighted by Gasteiger charge is -2.06. The summed E-state index contributed by atoms with van der Waals surface area (Å²) in [5.74, 6) is -0.0225. The molecule has 0 N–H and O–H groups in total. The number of rotatable bonds is 4. The summed E-state index contributed by atoms with van der Waals surface area (Å²) in [6.07, 6.45) is 1.96. The highest BCUT2D eigenvalue weighted by molar-refractivity contribution is 6.26. The molecule has 0 aliphatic heterocycles. The van der Waals surface area contributed by atoms with Crippen LogP contribution in [0.1, 0.15) is 13.3 Å². The van der Waals surface area contributed by atoms with Crippen LogP contribution in [0.25, 0.3) is 0 Å². The van der Waals surface area contributed by atoms with Crippen LogP contribution in [0.5, 0.6) is 0 Å². The Hall–Kier alpha value is -0.960. The molecule has 0 aromatic carbocycles. The van der Waals surface area contributed by atoms with Gasteiger partial charge in [-0.3, -0.25) is 0 Å². The number of halogens is 1. The molecule has 0 spiro atoms. The first-order valence-corrected chi connectivity index (χ1v) is 4.26. The first-order chi connectivity index (χ1) is 6.19. The Morgan fingerprint density at radius 1 is 1.38 bits per heavy atom. The van der Waals surface area contributed by atoms with Gasteiger partial charge in [-0.2, -0.15) is 0 Å². The van der Waals surface area contributed by atoms with Crippen molar-refractivity contribution in [1.82, 2.24) is 0 Å². The van der Waals surface area contributed by atoms with Crippen molar-refractivity contribution in [3.05, 3.63) is 22.9 Å². The molecular weight excluding hydrogens is 192 g/mol. The minimum atomic E-state index is -0.457. The molecule has 0 aromatic heterocycles. The number of methoxy groups -OCH3 is 2. The second-order valence-corrected chi connectivity index (χ2v) is 2.44. The van der Waals surface area contributed by atoms with E-state index in [9.17, 15) is 4.79 Å². The van der Waals surface area contributed by atoms with Gasteiger partial charge < -0.3 is 9.47 Å². The average Bonchev–Trinajstić information content (AvgIpc) is 2.17. The van der Waals surface area contributed by atoms with E-state index in [1.165, 1.54) is 25.8 Å². The number of ether oxygens (including phenoxy) is 2. The van der Waals surface area contributed by atoms with Crippen LogP contribution < -0.4 is 0 Å². The molecule has 0 atom stereocenters. The normalized spacial score (nSPS) is 12.6. The molecule has 0 aliphatic rings. The van der Waals surface area contributed by atoms with Crippen LogP contribution in [0.3, 0.4) is 0 Å². The summed E-state index contributed by atoms with van der Waals surface area (Å²) >= 11 is 5.53. The maximum Gasteiger partial charge on any atom is 0.334 e. The van der Waals surface area contributed by atoms with Crippen LogP contribution in [0, 0.1) is 0 Å². The quantitative estimate of drug-likeness (QED) is 0.305. The first kappa shape index (κ1) is 12.0. The average molecular weight is 205 g/mol. The number of carbonyl (C=O) groups is 1. The summed E-state index contributed by atoms with van der Waals surface area (Å²) in [5, 5.41) is 0. The molecule has 0 heterocycles. The second-order valence-electron chi connectivity index (χ2n) is 2.22. The van der Waals surface area contributed by atoms with Crippen LogP contribution in [-0.4, -0.2) is 20.2 Å². The minimum Gasteiger partial charge on any atom is -0.496 e. The molecule has 0 amide bonds. The molecule has 0 aromatic rings. The van der Waals surface area contributed by atoms with Crippen LogP contribution >= 0.6 is 11.6 Å². The van der Waals surface area contributed by atoms with Crippen molar-refractivity contribution in [2.24, 2.45) is 0 Å². The molecule has 4 heteroatoms. The lowest BCUT2D eigenvalue weighted by atomic mass is 10.2. The second kappa shape index (κ2) is 6.54. The molecule has 0 radical (unpaired) electrons. The van der Waals surface area contributed by atoms with E-state index >= 15 is 0 Å². The lowest BCUT2D eigenvalue weighted by molar-refractivity contribution is -0.135. The van der Waals surface area contributed by atoms with E-state index in [4.69, 9.17) is 16.3 Å². The summed E-state index contributed by atoms with van der Waals surface area (Å²) < 4.78 is 9.43. The molecule has 0 unspecified atom stereocenters. The zero-order valence-electron chi connectivity index (χ0n) is 7.96. The topological polar surface area (TPSA) is 35.5 Å². The largest absolute Gasteiger partial charge is 0.496 e. The van der Waals surface area contributed by atoms with Gasteiger partial charge in [-0.25, -0.2) is 4.79 Å². The third kappa shape index (κ3) is 3.99. The van der Waals surface area contributed by atoms with Crippen molar-refractivity contribution in [1.29, 1.82) is 0 Å². The number of esters is 1. The molecule has 0 bridgehead atoms. The third-order valence-corrected chi connectivity index (χ3v) is 1.76. The summed E-state index contributed by atoms with van der Waals surface area (Å²) in [4.78, 5) is 10.9.